The van der Waals surface area contributed by atoms with Gasteiger partial charge in [-0.25, -0.2) is 4.98 Å². The third kappa shape index (κ3) is 8.82. The third-order valence-corrected chi connectivity index (χ3v) is 16.8. The number of aromatic nitrogens is 3. The van der Waals surface area contributed by atoms with E-state index in [9.17, 15) is 5.11 Å². The zero-order chi connectivity index (χ0) is 53.3. The van der Waals surface area contributed by atoms with Crippen LogP contribution in [0.2, 0.25) is 0 Å². The lowest BCUT2D eigenvalue weighted by molar-refractivity contribution is 0.224. The molecule has 5 nitrogen and oxygen atoms in total. The number of pyridine rings is 1. The van der Waals surface area contributed by atoms with E-state index in [2.05, 4.69) is 224 Å². The van der Waals surface area contributed by atoms with Crippen LogP contribution in [0.5, 0.6) is 5.75 Å². The van der Waals surface area contributed by atoms with Gasteiger partial charge in [0.2, 0.25) is 0 Å². The Bertz CT molecular complexity index is 3850. The number of fused-ring (bicyclic) bond motifs is 8. The number of rotatable bonds is 7. The molecule has 7 aromatic carbocycles. The highest BCUT2D eigenvalue weighted by atomic mass is 16.3. The first-order valence-electron chi connectivity index (χ1n) is 27.7. The lowest BCUT2D eigenvalue weighted by Gasteiger charge is -2.34. The van der Waals surface area contributed by atoms with Crippen molar-refractivity contribution in [1.29, 1.82) is 0 Å². The van der Waals surface area contributed by atoms with E-state index in [0.29, 0.717) is 11.3 Å². The van der Waals surface area contributed by atoms with Crippen LogP contribution in [0.1, 0.15) is 181 Å². The molecule has 1 aliphatic carbocycles. The fraction of sp³-hybridized carbons (Fsp3) is 0.371. The molecule has 0 atom stereocenters. The number of benzene rings is 7. The highest BCUT2D eigenvalue weighted by Crippen LogP contribution is 2.50. The Kier molecular flexibility index (Phi) is 12.1. The van der Waals surface area contributed by atoms with Gasteiger partial charge in [-0.1, -0.05) is 177 Å². The van der Waals surface area contributed by atoms with Crippen LogP contribution in [0, 0.1) is 5.41 Å². The zero-order valence-electron chi connectivity index (χ0n) is 47.3. The summed E-state index contributed by atoms with van der Waals surface area (Å²) in [7, 11) is 0. The molecular weight excluding hydrogens is 915 g/mol. The number of phenolic OH excluding ortho intramolecular Hbond substituents is 1. The molecule has 0 bridgehead atoms. The minimum atomic E-state index is -0.350. The van der Waals surface area contributed by atoms with Crippen molar-refractivity contribution >= 4 is 54.5 Å². The average Bonchev–Trinajstić information content (AvgIpc) is 3.94. The molecule has 1 N–H and O–H groups in total. The van der Waals surface area contributed by atoms with E-state index in [0.717, 1.165) is 99.7 Å². The van der Waals surface area contributed by atoms with Gasteiger partial charge in [-0.3, -0.25) is 9.55 Å². The molecule has 0 unspecified atom stereocenters. The molecule has 11 rings (SSSR count). The second-order valence-electron chi connectivity index (χ2n) is 26.7. The van der Waals surface area contributed by atoms with E-state index in [1.165, 1.54) is 53.3 Å². The number of furan rings is 1. The van der Waals surface area contributed by atoms with Crippen LogP contribution in [-0.2, 0) is 16.2 Å². The zero-order valence-corrected chi connectivity index (χ0v) is 47.3. The van der Waals surface area contributed by atoms with Crippen LogP contribution >= 0.6 is 0 Å². The van der Waals surface area contributed by atoms with Crippen molar-refractivity contribution in [2.75, 3.05) is 0 Å². The van der Waals surface area contributed by atoms with Crippen LogP contribution in [0.25, 0.3) is 94.0 Å². The highest BCUT2D eigenvalue weighted by molar-refractivity contribution is 6.22. The van der Waals surface area contributed by atoms with Crippen LogP contribution in [-0.4, -0.2) is 19.6 Å². The first-order valence-corrected chi connectivity index (χ1v) is 27.7. The van der Waals surface area contributed by atoms with Gasteiger partial charge in [0.1, 0.15) is 22.7 Å². The summed E-state index contributed by atoms with van der Waals surface area (Å²) in [5.41, 5.74) is 16.4. The van der Waals surface area contributed by atoms with Crippen molar-refractivity contribution in [3.8, 4) is 45.2 Å². The van der Waals surface area contributed by atoms with Gasteiger partial charge in [-0.2, -0.15) is 0 Å². The Hall–Kier alpha value is -6.72. The molecule has 1 saturated carbocycles. The van der Waals surface area contributed by atoms with Crippen LogP contribution < -0.4 is 0 Å². The van der Waals surface area contributed by atoms with Crippen molar-refractivity contribution in [3.05, 3.63) is 155 Å². The Morgan fingerprint density at radius 3 is 1.89 bits per heavy atom. The summed E-state index contributed by atoms with van der Waals surface area (Å²) >= 11 is 0. The Balaban J connectivity index is 1.31. The summed E-state index contributed by atoms with van der Waals surface area (Å²) in [6.45, 7) is 34.4. The molecule has 0 spiro atoms. The third-order valence-electron chi connectivity index (χ3n) is 16.8. The second-order valence-corrected chi connectivity index (χ2v) is 26.7. The van der Waals surface area contributed by atoms with E-state index in [1.807, 2.05) is 6.20 Å². The Morgan fingerprint density at radius 1 is 0.627 bits per heavy atom. The summed E-state index contributed by atoms with van der Waals surface area (Å²) < 4.78 is 9.51. The van der Waals surface area contributed by atoms with Crippen LogP contribution in [0.4, 0.5) is 0 Å². The quantitative estimate of drug-likeness (QED) is 0.173. The summed E-state index contributed by atoms with van der Waals surface area (Å²) in [6.07, 6.45) is 6.78. The predicted molar refractivity (Wildman–Crippen MR) is 318 cm³/mol. The minimum absolute atomic E-state index is 0.0763. The number of phenols is 1. The Morgan fingerprint density at radius 2 is 1.25 bits per heavy atom. The molecule has 0 saturated heterocycles. The first-order chi connectivity index (χ1) is 35.4. The molecule has 1 aliphatic rings. The number of imidazole rings is 1. The first kappa shape index (κ1) is 50.4. The molecule has 10 aromatic rings. The fourth-order valence-electron chi connectivity index (χ4n) is 12.2. The van der Waals surface area contributed by atoms with Crippen LogP contribution in [0.15, 0.2) is 126 Å². The molecule has 3 aromatic heterocycles. The van der Waals surface area contributed by atoms with E-state index >= 15 is 0 Å². The van der Waals surface area contributed by atoms with Gasteiger partial charge in [0.25, 0.3) is 0 Å². The van der Waals surface area contributed by atoms with E-state index in [-0.39, 0.29) is 33.8 Å². The highest BCUT2D eigenvalue weighted by Gasteiger charge is 2.33. The molecule has 75 heavy (non-hydrogen) atoms. The largest absolute Gasteiger partial charge is 0.507 e. The van der Waals surface area contributed by atoms with Gasteiger partial charge in [0.05, 0.1) is 28.0 Å². The second kappa shape index (κ2) is 18.0. The van der Waals surface area contributed by atoms with Gasteiger partial charge in [0, 0.05) is 39.0 Å². The number of nitrogens with zero attached hydrogens (tertiary/aromatic N) is 3. The predicted octanol–water partition coefficient (Wildman–Crippen LogP) is 20.2. The van der Waals surface area contributed by atoms with Crippen molar-refractivity contribution in [1.82, 2.24) is 14.5 Å². The van der Waals surface area contributed by atoms with Crippen molar-refractivity contribution in [2.45, 2.75) is 164 Å². The van der Waals surface area contributed by atoms with Gasteiger partial charge in [-0.15, -0.1) is 0 Å². The van der Waals surface area contributed by atoms with Gasteiger partial charge in [-0.05, 0) is 157 Å². The Labute approximate surface area is 445 Å². The topological polar surface area (TPSA) is 64.1 Å². The SMILES string of the molecule is CC(C)c1cc(C(C)(C)C)cc(C(C)C)c1-n1c(-c2cc(C(C)(C)C)cc(C(C)(C)C)c2O)nc2c(-c3cc(-c4cc(C5CCC(C)(C)CC5)ccn4)c4oc5ccc6ccccc6c5c4c3)cc3ccccc3c21. The summed E-state index contributed by atoms with van der Waals surface area (Å²) in [4.78, 5) is 11.2. The maximum atomic E-state index is 13.0. The number of hydrogen-bond acceptors (Lipinski definition) is 4. The van der Waals surface area contributed by atoms with Crippen molar-refractivity contribution in [2.24, 2.45) is 5.41 Å². The van der Waals surface area contributed by atoms with E-state index < -0.39 is 0 Å². The smallest absolute Gasteiger partial charge is 0.149 e. The molecular formula is C70H77N3O2. The standard InChI is InChI=1S/C70H77N3O2/c1-40(2)51-36-47(67(5,6)7)37-52(41(3)4)62(51)73-63-50-23-19-17-21-45(50)32-53(61(63)72-66(73)56-38-48(68(8,9)10)39-57(64(56)74)69(11,12)13)46-33-54(58-35-44(28-31-71-58)42-26-29-70(14,15)30-27-42)65-55(34-46)60-49-22-18-16-20-43(49)24-25-59(60)75-65/h16-25,28,31-42,74H,26-27,29-30H2,1-15H3. The summed E-state index contributed by atoms with van der Waals surface area (Å²) in [6, 6.07) is 42.7. The molecule has 384 valence electrons. The van der Waals surface area contributed by atoms with Gasteiger partial charge in [0.15, 0.2) is 0 Å². The molecule has 0 aliphatic heterocycles. The fourth-order valence-corrected chi connectivity index (χ4v) is 12.2. The van der Waals surface area contributed by atoms with Crippen LogP contribution in [0.3, 0.4) is 0 Å². The summed E-state index contributed by atoms with van der Waals surface area (Å²) in [5.74, 6) is 1.84. The minimum Gasteiger partial charge on any atom is -0.507 e. The van der Waals surface area contributed by atoms with Crippen molar-refractivity contribution < 1.29 is 9.52 Å². The molecule has 0 radical (unpaired) electrons. The normalized spacial score (nSPS) is 15.0. The van der Waals surface area contributed by atoms with E-state index in [4.69, 9.17) is 14.4 Å². The maximum absolute atomic E-state index is 13.0. The number of aromatic hydroxyl groups is 1. The lowest BCUT2D eigenvalue weighted by Crippen LogP contribution is -2.20. The van der Waals surface area contributed by atoms with Gasteiger partial charge >= 0.3 is 0 Å². The summed E-state index contributed by atoms with van der Waals surface area (Å²) in [5, 5.41) is 19.7. The molecule has 1 fully saturated rings. The van der Waals surface area contributed by atoms with Gasteiger partial charge < -0.3 is 9.52 Å². The average molecular weight is 992 g/mol. The van der Waals surface area contributed by atoms with Crippen molar-refractivity contribution in [3.63, 3.8) is 0 Å². The lowest BCUT2D eigenvalue weighted by atomic mass is 9.71. The monoisotopic (exact) mass is 992 g/mol. The molecule has 5 heteroatoms. The maximum Gasteiger partial charge on any atom is 0.149 e. The molecule has 3 heterocycles. The number of hydrogen-bond donors (Lipinski definition) is 1. The van der Waals surface area contributed by atoms with E-state index in [1.54, 1.807) is 0 Å². The molecule has 0 amide bonds.